The van der Waals surface area contributed by atoms with E-state index in [0.717, 1.165) is 31.7 Å². The van der Waals surface area contributed by atoms with Crippen molar-refractivity contribution in [2.45, 2.75) is 19.5 Å². The first kappa shape index (κ1) is 21.2. The lowest BCUT2D eigenvalue weighted by Gasteiger charge is -2.37. The molecule has 29 heavy (non-hydrogen) atoms. The average Bonchev–Trinajstić information content (AvgIpc) is 3.16. The van der Waals surface area contributed by atoms with Crippen LogP contribution in [0.1, 0.15) is 22.8 Å². The Morgan fingerprint density at radius 1 is 1.28 bits per heavy atom. The zero-order valence-electron chi connectivity index (χ0n) is 16.5. The number of amides is 2. The average molecular weight is 421 g/mol. The first-order valence-electron chi connectivity index (χ1n) is 9.36. The second-order valence-electron chi connectivity index (χ2n) is 6.97. The van der Waals surface area contributed by atoms with Crippen molar-refractivity contribution in [2.75, 3.05) is 38.6 Å². The zero-order valence-corrected chi connectivity index (χ0v) is 17.3. The van der Waals surface area contributed by atoms with Crippen LogP contribution in [0.4, 0.5) is 9.39 Å². The van der Waals surface area contributed by atoms with Crippen molar-refractivity contribution >= 4 is 28.2 Å². The fourth-order valence-electron chi connectivity index (χ4n) is 3.36. The summed E-state index contributed by atoms with van der Waals surface area (Å²) < 4.78 is 18.8. The van der Waals surface area contributed by atoms with E-state index >= 15 is 0 Å². The molecule has 2 heterocycles. The van der Waals surface area contributed by atoms with Gasteiger partial charge in [-0.15, -0.1) is 11.3 Å². The van der Waals surface area contributed by atoms with Crippen LogP contribution in [0.3, 0.4) is 0 Å². The summed E-state index contributed by atoms with van der Waals surface area (Å²) in [6, 6.07) is 6.27. The summed E-state index contributed by atoms with van der Waals surface area (Å²) in [4.78, 5) is 28.3. The molecule has 1 saturated heterocycles. The lowest BCUT2D eigenvalue weighted by molar-refractivity contribution is -0.121. The number of hydrogen-bond acceptors (Lipinski definition) is 6. The highest BCUT2D eigenvalue weighted by Crippen LogP contribution is 2.23. The number of halogens is 1. The van der Waals surface area contributed by atoms with Gasteiger partial charge in [-0.25, -0.2) is 4.39 Å². The first-order chi connectivity index (χ1) is 13.9. The topological polar surface area (TPSA) is 87.9 Å². The molecule has 2 aromatic rings. The van der Waals surface area contributed by atoms with Crippen LogP contribution in [0, 0.1) is 5.82 Å². The molecule has 0 bridgehead atoms. The Balaban J connectivity index is 1.51. The molecule has 7 nitrogen and oxygen atoms in total. The number of nitrogens with one attached hydrogen (secondary N) is 1. The molecule has 3 rings (SSSR count). The summed E-state index contributed by atoms with van der Waals surface area (Å²) in [5, 5.41) is 5.01. The second-order valence-corrected chi connectivity index (χ2v) is 7.89. The van der Waals surface area contributed by atoms with E-state index in [1.54, 1.807) is 17.5 Å². The van der Waals surface area contributed by atoms with Gasteiger partial charge in [-0.2, -0.15) is 0 Å². The van der Waals surface area contributed by atoms with Crippen LogP contribution in [0.2, 0.25) is 0 Å². The van der Waals surface area contributed by atoms with E-state index in [-0.39, 0.29) is 23.5 Å². The maximum absolute atomic E-state index is 13.9. The van der Waals surface area contributed by atoms with Gasteiger partial charge in [-0.3, -0.25) is 19.4 Å². The van der Waals surface area contributed by atoms with Gasteiger partial charge in [0.05, 0.1) is 18.7 Å². The van der Waals surface area contributed by atoms with Crippen molar-refractivity contribution in [3.8, 4) is 5.75 Å². The van der Waals surface area contributed by atoms with Crippen LogP contribution in [0.25, 0.3) is 0 Å². The monoisotopic (exact) mass is 420 g/mol. The van der Waals surface area contributed by atoms with Crippen LogP contribution in [-0.4, -0.2) is 60.9 Å². The Morgan fingerprint density at radius 3 is 2.62 bits per heavy atom. The number of piperazine rings is 1. The smallest absolute Gasteiger partial charge is 0.251 e. The number of thiophene rings is 1. The number of ether oxygens (including phenoxy) is 1. The predicted octanol–water partition coefficient (Wildman–Crippen LogP) is 2.14. The van der Waals surface area contributed by atoms with Gasteiger partial charge >= 0.3 is 0 Å². The lowest BCUT2D eigenvalue weighted by Crippen LogP contribution is -2.52. The van der Waals surface area contributed by atoms with Crippen molar-refractivity contribution in [3.05, 3.63) is 46.6 Å². The Hall–Kier alpha value is -2.49. The highest BCUT2D eigenvalue weighted by Gasteiger charge is 2.26. The van der Waals surface area contributed by atoms with Crippen molar-refractivity contribution in [1.82, 2.24) is 9.80 Å². The van der Waals surface area contributed by atoms with E-state index < -0.39 is 5.91 Å². The number of primary amides is 1. The fourth-order valence-corrected chi connectivity index (χ4v) is 4.15. The molecular weight excluding hydrogens is 395 g/mol. The Kier molecular flexibility index (Phi) is 6.83. The third-order valence-electron chi connectivity index (χ3n) is 5.12. The number of carbonyl (C=O) groups excluding carboxylic acids is 2. The van der Waals surface area contributed by atoms with E-state index in [2.05, 4.69) is 15.1 Å². The van der Waals surface area contributed by atoms with Crippen molar-refractivity contribution in [3.63, 3.8) is 0 Å². The molecule has 0 saturated carbocycles. The van der Waals surface area contributed by atoms with Gasteiger partial charge in [0.1, 0.15) is 5.00 Å². The summed E-state index contributed by atoms with van der Waals surface area (Å²) in [7, 11) is 1.45. The summed E-state index contributed by atoms with van der Waals surface area (Å²) in [6.07, 6.45) is 0. The molecule has 156 valence electrons. The quantitative estimate of drug-likeness (QED) is 0.717. The third-order valence-corrected chi connectivity index (χ3v) is 5.95. The highest BCUT2D eigenvalue weighted by atomic mass is 32.1. The zero-order chi connectivity index (χ0) is 21.0. The first-order valence-corrected chi connectivity index (χ1v) is 10.2. The normalized spacial score (nSPS) is 16.4. The standard InChI is InChI=1S/C20H25FN4O3S/c1-13(19(27)23-20-15(18(22)26)5-10-29-20)25-8-6-24(7-9-25)12-14-3-4-17(28-2)16(21)11-14/h3-5,10-11,13H,6-9,12H2,1-2H3,(H2,22,26)(H,23,27)/t13-/m0/s1. The number of benzene rings is 1. The van der Waals surface area contributed by atoms with Crippen LogP contribution in [0.15, 0.2) is 29.6 Å². The number of nitrogens with zero attached hydrogens (tertiary/aromatic N) is 2. The molecular formula is C20H25FN4O3S. The van der Waals surface area contributed by atoms with Gasteiger partial charge < -0.3 is 15.8 Å². The number of carbonyl (C=O) groups is 2. The lowest BCUT2D eigenvalue weighted by atomic mass is 10.1. The molecule has 9 heteroatoms. The summed E-state index contributed by atoms with van der Waals surface area (Å²) >= 11 is 1.28. The maximum Gasteiger partial charge on any atom is 0.251 e. The number of anilines is 1. The van der Waals surface area contributed by atoms with E-state index in [0.29, 0.717) is 17.1 Å². The molecule has 3 N–H and O–H groups in total. The Bertz CT molecular complexity index is 880. The van der Waals surface area contributed by atoms with Gasteiger partial charge in [0.2, 0.25) is 5.91 Å². The third kappa shape index (κ3) is 5.11. The number of hydrogen-bond donors (Lipinski definition) is 2. The summed E-state index contributed by atoms with van der Waals surface area (Å²) in [5.41, 5.74) is 6.54. The van der Waals surface area contributed by atoms with Gasteiger partial charge in [0.25, 0.3) is 5.91 Å². The predicted molar refractivity (Wildman–Crippen MR) is 111 cm³/mol. The van der Waals surface area contributed by atoms with Crippen LogP contribution < -0.4 is 15.8 Å². The van der Waals surface area contributed by atoms with E-state index in [9.17, 15) is 14.0 Å². The van der Waals surface area contributed by atoms with Gasteiger partial charge in [-0.1, -0.05) is 6.07 Å². The molecule has 1 aromatic carbocycles. The van der Waals surface area contributed by atoms with Crippen LogP contribution >= 0.6 is 11.3 Å². The number of methoxy groups -OCH3 is 1. The van der Waals surface area contributed by atoms with E-state index in [4.69, 9.17) is 10.5 Å². The Labute approximate surface area is 173 Å². The molecule has 1 aliphatic heterocycles. The van der Waals surface area contributed by atoms with Crippen molar-refractivity contribution < 1.29 is 18.7 Å². The van der Waals surface area contributed by atoms with Gasteiger partial charge in [-0.05, 0) is 36.1 Å². The second kappa shape index (κ2) is 9.34. The SMILES string of the molecule is COc1ccc(CN2CCN([C@@H](C)C(=O)Nc3sccc3C(N)=O)CC2)cc1F. The summed E-state index contributed by atoms with van der Waals surface area (Å²) in [6.45, 7) is 5.49. The molecule has 1 aromatic heterocycles. The number of nitrogens with two attached hydrogens (primary N) is 1. The van der Waals surface area contributed by atoms with Crippen LogP contribution in [0.5, 0.6) is 5.75 Å². The van der Waals surface area contributed by atoms with Gasteiger partial charge in [0, 0.05) is 32.7 Å². The summed E-state index contributed by atoms with van der Waals surface area (Å²) in [5.74, 6) is -0.847. The van der Waals surface area contributed by atoms with Crippen molar-refractivity contribution in [2.24, 2.45) is 5.73 Å². The maximum atomic E-state index is 13.9. The van der Waals surface area contributed by atoms with Crippen molar-refractivity contribution in [1.29, 1.82) is 0 Å². The largest absolute Gasteiger partial charge is 0.494 e. The minimum Gasteiger partial charge on any atom is -0.494 e. The Morgan fingerprint density at radius 2 is 2.00 bits per heavy atom. The van der Waals surface area contributed by atoms with Gasteiger partial charge in [0.15, 0.2) is 11.6 Å². The molecule has 1 atom stereocenters. The minimum absolute atomic E-state index is 0.166. The molecule has 2 amide bonds. The molecule has 0 unspecified atom stereocenters. The van der Waals surface area contributed by atoms with E-state index in [1.807, 2.05) is 13.0 Å². The van der Waals surface area contributed by atoms with Crippen LogP contribution in [-0.2, 0) is 11.3 Å². The number of rotatable bonds is 7. The molecule has 0 radical (unpaired) electrons. The highest BCUT2D eigenvalue weighted by molar-refractivity contribution is 7.14. The minimum atomic E-state index is -0.558. The molecule has 0 spiro atoms. The fraction of sp³-hybridized carbons (Fsp3) is 0.400. The molecule has 1 aliphatic rings. The van der Waals surface area contributed by atoms with E-state index in [1.165, 1.54) is 24.5 Å². The molecule has 1 fully saturated rings. The molecule has 0 aliphatic carbocycles.